The van der Waals surface area contributed by atoms with Crippen LogP contribution in [0, 0.1) is 0 Å². The van der Waals surface area contributed by atoms with Crippen molar-refractivity contribution in [1.82, 2.24) is 0 Å². The van der Waals surface area contributed by atoms with Gasteiger partial charge in [-0.25, -0.2) is 0 Å². The van der Waals surface area contributed by atoms with Crippen LogP contribution >= 0.6 is 33.2 Å². The maximum Gasteiger partial charge on any atom is 0.381 e. The lowest BCUT2D eigenvalue weighted by molar-refractivity contribution is -0.143. The third kappa shape index (κ3) is 12.0. The fraction of sp³-hybridized carbons (Fsp3) is 0.923. The number of halogens is 3. The Balaban J connectivity index is 3.67. The van der Waals surface area contributed by atoms with Crippen LogP contribution in [-0.2, 0) is 9.53 Å². The summed E-state index contributed by atoms with van der Waals surface area (Å²) in [6, 6.07) is -2.96. The highest BCUT2D eigenvalue weighted by Crippen LogP contribution is 2.30. The standard InChI is InChI=1S/C13H25Cl3O2Si/c1-3-4-5-6-7-8-9-10-11-13(18-12(2)17)19(14,15)16/h13H,3-11H2,1-2H3. The van der Waals surface area contributed by atoms with E-state index in [2.05, 4.69) is 6.92 Å². The second-order valence-electron chi connectivity index (χ2n) is 4.90. The second-order valence-corrected chi connectivity index (χ2v) is 13.7. The molecule has 114 valence electrons. The number of carbonyl (C=O) groups is 1. The van der Waals surface area contributed by atoms with E-state index in [0.29, 0.717) is 6.42 Å². The molecule has 0 aromatic carbocycles. The molecule has 0 aromatic heterocycles. The summed E-state index contributed by atoms with van der Waals surface area (Å²) in [6.45, 7) is 3.57. The molecule has 1 unspecified atom stereocenters. The van der Waals surface area contributed by atoms with E-state index in [1.807, 2.05) is 0 Å². The largest absolute Gasteiger partial charge is 0.462 e. The van der Waals surface area contributed by atoms with Gasteiger partial charge in [-0.15, -0.1) is 33.2 Å². The topological polar surface area (TPSA) is 26.3 Å². The smallest absolute Gasteiger partial charge is 0.381 e. The number of carbonyl (C=O) groups excluding carboxylic acids is 1. The molecule has 0 saturated carbocycles. The highest BCUT2D eigenvalue weighted by Gasteiger charge is 2.39. The molecule has 2 nitrogen and oxygen atoms in total. The molecule has 6 heteroatoms. The molecule has 19 heavy (non-hydrogen) atoms. The quantitative estimate of drug-likeness (QED) is 0.209. The summed E-state index contributed by atoms with van der Waals surface area (Å²) in [4.78, 5) is 11.0. The van der Waals surface area contributed by atoms with Gasteiger partial charge in [-0.05, 0) is 12.8 Å². The molecule has 0 radical (unpaired) electrons. The normalized spacial score (nSPS) is 13.3. The molecular formula is C13H25Cl3O2Si. The Bertz CT molecular complexity index is 245. The molecule has 0 rings (SSSR count). The number of rotatable bonds is 11. The van der Waals surface area contributed by atoms with Gasteiger partial charge in [-0.2, -0.15) is 0 Å². The van der Waals surface area contributed by atoms with Crippen molar-refractivity contribution in [3.8, 4) is 0 Å². The highest BCUT2D eigenvalue weighted by atomic mass is 35.8. The van der Waals surface area contributed by atoms with E-state index in [9.17, 15) is 4.79 Å². The van der Waals surface area contributed by atoms with Crippen LogP contribution in [0.2, 0.25) is 0 Å². The Morgan fingerprint density at radius 3 is 1.89 bits per heavy atom. The minimum absolute atomic E-state index is 0.372. The maximum absolute atomic E-state index is 11.0. The molecule has 0 aliphatic carbocycles. The van der Waals surface area contributed by atoms with Crippen molar-refractivity contribution in [2.75, 3.05) is 0 Å². The first-order valence-corrected chi connectivity index (χ1v) is 12.2. The van der Waals surface area contributed by atoms with Gasteiger partial charge in [0.1, 0.15) is 5.73 Å². The van der Waals surface area contributed by atoms with Gasteiger partial charge < -0.3 is 4.74 Å². The number of hydrogen-bond acceptors (Lipinski definition) is 2. The van der Waals surface area contributed by atoms with Crippen LogP contribution < -0.4 is 0 Å². The molecule has 0 amide bonds. The zero-order valence-corrected chi connectivity index (χ0v) is 15.2. The molecule has 0 spiro atoms. The van der Waals surface area contributed by atoms with Crippen LogP contribution in [0.15, 0.2) is 0 Å². The van der Waals surface area contributed by atoms with E-state index in [4.69, 9.17) is 38.0 Å². The molecular weight excluding hydrogens is 323 g/mol. The Morgan fingerprint density at radius 1 is 1.00 bits per heavy atom. The molecule has 0 bridgehead atoms. The van der Waals surface area contributed by atoms with E-state index >= 15 is 0 Å². The van der Waals surface area contributed by atoms with E-state index < -0.39 is 11.7 Å². The second kappa shape index (κ2) is 11.2. The Hall–Kier alpha value is 0.557. The van der Waals surface area contributed by atoms with Crippen LogP contribution in [0.1, 0.15) is 71.6 Å². The van der Waals surface area contributed by atoms with Crippen LogP contribution in [0.5, 0.6) is 0 Å². The first-order chi connectivity index (χ1) is 8.88. The van der Waals surface area contributed by atoms with Crippen LogP contribution in [0.3, 0.4) is 0 Å². The predicted octanol–water partition coefficient (Wildman–Crippen LogP) is 5.64. The lowest BCUT2D eigenvalue weighted by atomic mass is 10.1. The maximum atomic E-state index is 11.0. The fourth-order valence-corrected chi connectivity index (χ4v) is 4.17. The average Bonchev–Trinajstić information content (AvgIpc) is 2.29. The zero-order valence-electron chi connectivity index (χ0n) is 11.9. The first-order valence-electron chi connectivity index (χ1n) is 7.11. The molecule has 0 aliphatic rings. The van der Waals surface area contributed by atoms with E-state index in [0.717, 1.165) is 12.8 Å². The lowest BCUT2D eigenvalue weighted by Crippen LogP contribution is -2.35. The summed E-state index contributed by atoms with van der Waals surface area (Å²) in [5.41, 5.74) is -0.505. The molecule has 0 heterocycles. The van der Waals surface area contributed by atoms with Gasteiger partial charge in [0.15, 0.2) is 0 Å². The van der Waals surface area contributed by atoms with E-state index in [1.54, 1.807) is 0 Å². The molecule has 0 saturated heterocycles. The SMILES string of the molecule is CCCCCCCCCCC(OC(C)=O)[Si](Cl)(Cl)Cl. The van der Waals surface area contributed by atoms with Crippen LogP contribution in [0.4, 0.5) is 0 Å². The molecule has 0 fully saturated rings. The molecule has 0 aliphatic heterocycles. The minimum Gasteiger partial charge on any atom is -0.462 e. The number of unbranched alkanes of at least 4 members (excludes halogenated alkanes) is 7. The molecule has 0 aromatic rings. The van der Waals surface area contributed by atoms with Gasteiger partial charge in [0.25, 0.3) is 0 Å². The summed E-state index contributed by atoms with van der Waals surface area (Å²) in [6.07, 6.45) is 10.4. The van der Waals surface area contributed by atoms with Crippen molar-refractivity contribution in [2.45, 2.75) is 77.4 Å². The van der Waals surface area contributed by atoms with Crippen molar-refractivity contribution in [1.29, 1.82) is 0 Å². The number of hydrogen-bond donors (Lipinski definition) is 0. The van der Waals surface area contributed by atoms with Crippen LogP contribution in [-0.4, -0.2) is 17.7 Å². The van der Waals surface area contributed by atoms with Crippen molar-refractivity contribution in [3.63, 3.8) is 0 Å². The van der Waals surface area contributed by atoms with E-state index in [1.165, 1.54) is 45.4 Å². The third-order valence-electron chi connectivity index (χ3n) is 2.99. The minimum atomic E-state index is -2.96. The van der Waals surface area contributed by atoms with Gasteiger partial charge in [0, 0.05) is 6.92 Å². The molecule has 1 atom stereocenters. The lowest BCUT2D eigenvalue weighted by Gasteiger charge is -2.21. The van der Waals surface area contributed by atoms with Gasteiger partial charge in [-0.1, -0.05) is 51.9 Å². The Kier molecular flexibility index (Phi) is 11.6. The summed E-state index contributed by atoms with van der Waals surface area (Å²) >= 11 is 17.8. The summed E-state index contributed by atoms with van der Waals surface area (Å²) in [5.74, 6) is -0.372. The monoisotopic (exact) mass is 346 g/mol. The number of ether oxygens (including phenoxy) is 1. The van der Waals surface area contributed by atoms with Crippen molar-refractivity contribution in [2.24, 2.45) is 0 Å². The van der Waals surface area contributed by atoms with Crippen LogP contribution in [0.25, 0.3) is 0 Å². The van der Waals surface area contributed by atoms with Crippen molar-refractivity contribution in [3.05, 3.63) is 0 Å². The predicted molar refractivity (Wildman–Crippen MR) is 86.1 cm³/mol. The summed E-state index contributed by atoms with van der Waals surface area (Å²) in [5, 5.41) is 0. The van der Waals surface area contributed by atoms with Gasteiger partial charge in [-0.3, -0.25) is 4.79 Å². The Labute approximate surface area is 132 Å². The van der Waals surface area contributed by atoms with Gasteiger partial charge in [0.2, 0.25) is 0 Å². The Morgan fingerprint density at radius 2 is 1.47 bits per heavy atom. The number of esters is 1. The third-order valence-corrected chi connectivity index (χ3v) is 6.32. The van der Waals surface area contributed by atoms with Crippen molar-refractivity contribution >= 4 is 45.2 Å². The van der Waals surface area contributed by atoms with Gasteiger partial charge >= 0.3 is 12.0 Å². The zero-order chi connectivity index (χ0) is 14.7. The fourth-order valence-electron chi connectivity index (χ4n) is 1.95. The van der Waals surface area contributed by atoms with Crippen molar-refractivity contribution < 1.29 is 9.53 Å². The average molecular weight is 348 g/mol. The first kappa shape index (κ1) is 19.6. The molecule has 0 N–H and O–H groups in total. The summed E-state index contributed by atoms with van der Waals surface area (Å²) in [7, 11) is 0. The summed E-state index contributed by atoms with van der Waals surface area (Å²) < 4.78 is 5.10. The van der Waals surface area contributed by atoms with E-state index in [-0.39, 0.29) is 5.97 Å². The van der Waals surface area contributed by atoms with Gasteiger partial charge in [0.05, 0.1) is 0 Å². The highest BCUT2D eigenvalue weighted by molar-refractivity contribution is 7.65.